The van der Waals surface area contributed by atoms with Crippen molar-refractivity contribution in [2.75, 3.05) is 7.11 Å². The highest BCUT2D eigenvalue weighted by atomic mass is 16.6. The van der Waals surface area contributed by atoms with Crippen LogP contribution in [0.5, 0.6) is 11.5 Å². The van der Waals surface area contributed by atoms with Crippen molar-refractivity contribution in [2.45, 2.75) is 0 Å². The summed E-state index contributed by atoms with van der Waals surface area (Å²) in [6.07, 6.45) is 1.06. The number of nitro groups is 1. The molecule has 118 valence electrons. The van der Waals surface area contributed by atoms with Gasteiger partial charge in [0.1, 0.15) is 5.70 Å². The van der Waals surface area contributed by atoms with Crippen molar-refractivity contribution in [3.05, 3.63) is 40.1 Å². The monoisotopic (exact) mass is 318 g/mol. The number of urea groups is 1. The van der Waals surface area contributed by atoms with Gasteiger partial charge in [-0.05, 0) is 0 Å². The third-order valence-corrected chi connectivity index (χ3v) is 2.63. The van der Waals surface area contributed by atoms with Gasteiger partial charge in [0.05, 0.1) is 24.3 Å². The van der Waals surface area contributed by atoms with Gasteiger partial charge >= 0.3 is 6.03 Å². The molecule has 2 rings (SSSR count). The highest BCUT2D eigenvalue weighted by molar-refractivity contribution is 6.08. The zero-order valence-electron chi connectivity index (χ0n) is 11.8. The Kier molecular flexibility index (Phi) is 4.40. The number of nitrogens with zero attached hydrogens (tertiary/aromatic N) is 5. The SMILES string of the molecule is C=C1N=NC(=O)N/C1=N/N=C/c1cc([N+](=O)[O-])cc(OC)c1O. The molecule has 11 heteroatoms. The Bertz CT molecular complexity index is 782. The number of hydrogen-bond acceptors (Lipinski definition) is 8. The Hall–Kier alpha value is -3.63. The Labute approximate surface area is 128 Å². The zero-order chi connectivity index (χ0) is 17.0. The van der Waals surface area contributed by atoms with Gasteiger partial charge in [-0.2, -0.15) is 5.10 Å². The van der Waals surface area contributed by atoms with Crippen molar-refractivity contribution >= 4 is 23.8 Å². The summed E-state index contributed by atoms with van der Waals surface area (Å²) >= 11 is 0. The Morgan fingerprint density at radius 1 is 1.48 bits per heavy atom. The number of benzene rings is 1. The molecule has 23 heavy (non-hydrogen) atoms. The van der Waals surface area contributed by atoms with Crippen LogP contribution in [-0.2, 0) is 0 Å². The number of non-ortho nitro benzene ring substituents is 1. The fourth-order valence-electron chi connectivity index (χ4n) is 1.56. The minimum absolute atomic E-state index is 0.00905. The highest BCUT2D eigenvalue weighted by Crippen LogP contribution is 2.33. The summed E-state index contributed by atoms with van der Waals surface area (Å²) in [5, 5.41) is 37.0. The molecular formula is C12H10N6O5. The summed E-state index contributed by atoms with van der Waals surface area (Å²) in [6.45, 7) is 3.50. The third-order valence-electron chi connectivity index (χ3n) is 2.63. The summed E-state index contributed by atoms with van der Waals surface area (Å²) < 4.78 is 4.85. The summed E-state index contributed by atoms with van der Waals surface area (Å²) in [5.41, 5.74) is -0.199. The number of methoxy groups -OCH3 is 1. The first kappa shape index (κ1) is 15.8. The lowest BCUT2D eigenvalue weighted by atomic mass is 10.2. The summed E-state index contributed by atoms with van der Waals surface area (Å²) in [5.74, 6) is -0.455. The van der Waals surface area contributed by atoms with Gasteiger partial charge in [-0.15, -0.1) is 10.2 Å². The van der Waals surface area contributed by atoms with Gasteiger partial charge < -0.3 is 9.84 Å². The van der Waals surface area contributed by atoms with Crippen molar-refractivity contribution in [3.63, 3.8) is 0 Å². The molecule has 0 spiro atoms. The smallest absolute Gasteiger partial charge is 0.365 e. The second-order valence-electron chi connectivity index (χ2n) is 4.11. The van der Waals surface area contributed by atoms with Crippen LogP contribution < -0.4 is 10.1 Å². The average Bonchev–Trinajstić information content (AvgIpc) is 2.52. The van der Waals surface area contributed by atoms with Crippen LogP contribution in [-0.4, -0.2) is 35.2 Å². The lowest BCUT2D eigenvalue weighted by molar-refractivity contribution is -0.385. The first-order valence-electron chi connectivity index (χ1n) is 6.00. The van der Waals surface area contributed by atoms with Crippen molar-refractivity contribution in [1.82, 2.24) is 5.32 Å². The number of nitro benzene ring substituents is 1. The molecule has 0 aromatic heterocycles. The largest absolute Gasteiger partial charge is 0.504 e. The Morgan fingerprint density at radius 2 is 2.22 bits per heavy atom. The van der Waals surface area contributed by atoms with Gasteiger partial charge in [-0.25, -0.2) is 4.79 Å². The lowest BCUT2D eigenvalue weighted by Gasteiger charge is -2.07. The van der Waals surface area contributed by atoms with Crippen LogP contribution in [0.3, 0.4) is 0 Å². The molecule has 0 aliphatic carbocycles. The van der Waals surface area contributed by atoms with E-state index in [-0.39, 0.29) is 34.3 Å². The minimum Gasteiger partial charge on any atom is -0.504 e. The number of aromatic hydroxyl groups is 1. The maximum Gasteiger partial charge on any atom is 0.365 e. The average molecular weight is 318 g/mol. The van der Waals surface area contributed by atoms with Crippen LogP contribution in [0.15, 0.2) is 44.8 Å². The number of ether oxygens (including phenoxy) is 1. The first-order chi connectivity index (χ1) is 10.9. The predicted octanol–water partition coefficient (Wildman–Crippen LogP) is 1.73. The van der Waals surface area contributed by atoms with Gasteiger partial charge in [-0.3, -0.25) is 15.4 Å². The molecule has 0 saturated heterocycles. The van der Waals surface area contributed by atoms with E-state index in [0.717, 1.165) is 18.3 Å². The Balaban J connectivity index is 2.34. The number of carbonyl (C=O) groups excluding carboxylic acids is 1. The number of carbonyl (C=O) groups is 1. The van der Waals surface area contributed by atoms with E-state index in [9.17, 15) is 20.0 Å². The van der Waals surface area contributed by atoms with E-state index < -0.39 is 11.0 Å². The topological polar surface area (TPSA) is 151 Å². The van der Waals surface area contributed by atoms with E-state index >= 15 is 0 Å². The van der Waals surface area contributed by atoms with Gasteiger partial charge in [0, 0.05) is 11.6 Å². The van der Waals surface area contributed by atoms with Crippen LogP contribution in [0.25, 0.3) is 0 Å². The first-order valence-corrected chi connectivity index (χ1v) is 6.00. The van der Waals surface area contributed by atoms with E-state index in [1.165, 1.54) is 7.11 Å². The van der Waals surface area contributed by atoms with E-state index in [1.807, 2.05) is 0 Å². The number of phenolic OH excluding ortho intramolecular Hbond substituents is 1. The molecule has 0 saturated carbocycles. The number of phenols is 1. The second kappa shape index (κ2) is 6.43. The fraction of sp³-hybridized carbons (Fsp3) is 0.0833. The normalized spacial score (nSPS) is 16.0. The second-order valence-corrected chi connectivity index (χ2v) is 4.11. The molecule has 0 fully saturated rings. The van der Waals surface area contributed by atoms with Crippen LogP contribution in [0.1, 0.15) is 5.56 Å². The van der Waals surface area contributed by atoms with E-state index in [0.29, 0.717) is 0 Å². The quantitative estimate of drug-likeness (QED) is 0.492. The molecule has 1 aromatic rings. The fourth-order valence-corrected chi connectivity index (χ4v) is 1.56. The minimum atomic E-state index is -0.730. The van der Waals surface area contributed by atoms with Crippen molar-refractivity contribution in [3.8, 4) is 11.5 Å². The summed E-state index contributed by atoms with van der Waals surface area (Å²) in [4.78, 5) is 21.2. The predicted molar refractivity (Wildman–Crippen MR) is 78.9 cm³/mol. The van der Waals surface area contributed by atoms with Gasteiger partial charge in [0.15, 0.2) is 17.3 Å². The van der Waals surface area contributed by atoms with Crippen LogP contribution >= 0.6 is 0 Å². The summed E-state index contributed by atoms with van der Waals surface area (Å²) in [6, 6.07) is 1.43. The molecule has 2 N–H and O–H groups in total. The third kappa shape index (κ3) is 3.53. The molecule has 11 nitrogen and oxygen atoms in total. The van der Waals surface area contributed by atoms with E-state index in [1.54, 1.807) is 0 Å². The zero-order valence-corrected chi connectivity index (χ0v) is 11.8. The molecule has 1 heterocycles. The molecule has 2 amide bonds. The molecule has 1 aliphatic rings. The summed E-state index contributed by atoms with van der Waals surface area (Å²) in [7, 11) is 1.26. The lowest BCUT2D eigenvalue weighted by Crippen LogP contribution is -2.31. The Morgan fingerprint density at radius 3 is 2.87 bits per heavy atom. The molecule has 0 atom stereocenters. The number of amidine groups is 1. The highest BCUT2D eigenvalue weighted by Gasteiger charge is 2.16. The molecule has 0 radical (unpaired) electrons. The number of azo groups is 1. The van der Waals surface area contributed by atoms with Crippen molar-refractivity contribution in [1.29, 1.82) is 0 Å². The molecule has 1 aromatic carbocycles. The van der Waals surface area contributed by atoms with Crippen molar-refractivity contribution < 1.29 is 19.6 Å². The van der Waals surface area contributed by atoms with Gasteiger partial charge in [0.2, 0.25) is 0 Å². The van der Waals surface area contributed by atoms with E-state index in [4.69, 9.17) is 4.74 Å². The number of nitrogens with one attached hydrogen (secondary N) is 1. The van der Waals surface area contributed by atoms with Gasteiger partial charge in [-0.1, -0.05) is 11.7 Å². The van der Waals surface area contributed by atoms with Crippen LogP contribution in [0, 0.1) is 10.1 Å². The van der Waals surface area contributed by atoms with Crippen LogP contribution in [0.4, 0.5) is 10.5 Å². The number of hydrogen-bond donors (Lipinski definition) is 2. The molecule has 0 unspecified atom stereocenters. The maximum atomic E-state index is 11.0. The van der Waals surface area contributed by atoms with Crippen molar-refractivity contribution in [2.24, 2.45) is 20.4 Å². The standard InChI is InChI=1S/C12H10N6O5/c1-6-11(14-12(20)17-15-6)16-13-5-7-3-8(18(21)22)4-9(23-2)10(7)19/h3-5,19H,1H2,2H3,(H,14,16,20)/b13-5+. The van der Waals surface area contributed by atoms with Crippen LogP contribution in [0.2, 0.25) is 0 Å². The molecule has 0 bridgehead atoms. The van der Waals surface area contributed by atoms with Gasteiger partial charge in [0.25, 0.3) is 5.69 Å². The number of amides is 2. The molecule has 1 aliphatic heterocycles. The number of rotatable bonds is 4. The maximum absolute atomic E-state index is 11.0. The molecular weight excluding hydrogens is 308 g/mol. The van der Waals surface area contributed by atoms with E-state index in [2.05, 4.69) is 32.3 Å².